The minimum Gasteiger partial charge on any atom is -0.370 e. The first-order valence-corrected chi connectivity index (χ1v) is 5.15. The average Bonchev–Trinajstić information content (AvgIpc) is 2.21. The fourth-order valence-electron chi connectivity index (χ4n) is 1.45. The summed E-state index contributed by atoms with van der Waals surface area (Å²) in [6.45, 7) is 3.85. The number of carbonyl (C=O) groups is 2. The predicted octanol–water partition coefficient (Wildman–Crippen LogP) is 1.51. The number of para-hydroxylation sites is 1. The van der Waals surface area contributed by atoms with E-state index in [2.05, 4.69) is 5.32 Å². The zero-order chi connectivity index (χ0) is 12.1. The van der Waals surface area contributed by atoms with Gasteiger partial charge in [0.25, 0.3) is 0 Å². The fourth-order valence-corrected chi connectivity index (χ4v) is 1.45. The molecule has 0 saturated heterocycles. The summed E-state index contributed by atoms with van der Waals surface area (Å²) < 4.78 is 0. The van der Waals surface area contributed by atoms with E-state index in [1.807, 2.05) is 32.0 Å². The van der Waals surface area contributed by atoms with Crippen molar-refractivity contribution < 1.29 is 9.59 Å². The van der Waals surface area contributed by atoms with Gasteiger partial charge < -0.3 is 11.1 Å². The van der Waals surface area contributed by atoms with Gasteiger partial charge in [0.05, 0.1) is 0 Å². The first-order valence-electron chi connectivity index (χ1n) is 5.15. The van der Waals surface area contributed by atoms with Crippen LogP contribution in [-0.2, 0) is 9.59 Å². The van der Waals surface area contributed by atoms with Crippen LogP contribution in [0.3, 0.4) is 0 Å². The quantitative estimate of drug-likeness (QED) is 0.807. The van der Waals surface area contributed by atoms with Crippen molar-refractivity contribution in [1.82, 2.24) is 0 Å². The van der Waals surface area contributed by atoms with E-state index in [0.717, 1.165) is 16.8 Å². The lowest BCUT2D eigenvalue weighted by molar-refractivity contribution is -0.122. The molecule has 0 aliphatic carbocycles. The van der Waals surface area contributed by atoms with E-state index in [0.29, 0.717) is 0 Å². The van der Waals surface area contributed by atoms with Gasteiger partial charge in [0, 0.05) is 18.5 Å². The number of rotatable bonds is 4. The molecule has 1 aromatic carbocycles. The Labute approximate surface area is 94.8 Å². The highest BCUT2D eigenvalue weighted by molar-refractivity contribution is 5.94. The van der Waals surface area contributed by atoms with Gasteiger partial charge in [-0.3, -0.25) is 9.59 Å². The molecule has 2 amide bonds. The SMILES string of the molecule is Cc1cccc(C)c1NC(=O)CCC(N)=O. The number of amides is 2. The molecule has 0 heterocycles. The van der Waals surface area contributed by atoms with Crippen molar-refractivity contribution >= 4 is 17.5 Å². The van der Waals surface area contributed by atoms with Crippen molar-refractivity contribution in [3.63, 3.8) is 0 Å². The summed E-state index contributed by atoms with van der Waals surface area (Å²) in [6, 6.07) is 5.79. The molecule has 0 aromatic heterocycles. The number of aryl methyl sites for hydroxylation is 2. The van der Waals surface area contributed by atoms with E-state index in [4.69, 9.17) is 5.73 Å². The first-order chi connectivity index (χ1) is 7.50. The lowest BCUT2D eigenvalue weighted by Gasteiger charge is -2.10. The van der Waals surface area contributed by atoms with Crippen LogP contribution in [-0.4, -0.2) is 11.8 Å². The Bertz CT molecular complexity index is 393. The molecular weight excluding hydrogens is 204 g/mol. The van der Waals surface area contributed by atoms with E-state index in [-0.39, 0.29) is 18.7 Å². The third kappa shape index (κ3) is 3.38. The van der Waals surface area contributed by atoms with Crippen molar-refractivity contribution in [2.75, 3.05) is 5.32 Å². The van der Waals surface area contributed by atoms with Gasteiger partial charge in [-0.15, -0.1) is 0 Å². The van der Waals surface area contributed by atoms with Crippen molar-refractivity contribution in [3.05, 3.63) is 29.3 Å². The molecule has 4 nitrogen and oxygen atoms in total. The normalized spacial score (nSPS) is 9.88. The van der Waals surface area contributed by atoms with Gasteiger partial charge in [-0.05, 0) is 25.0 Å². The highest BCUT2D eigenvalue weighted by Crippen LogP contribution is 2.19. The maximum atomic E-state index is 11.5. The van der Waals surface area contributed by atoms with Crippen LogP contribution >= 0.6 is 0 Å². The van der Waals surface area contributed by atoms with Crippen LogP contribution in [0.2, 0.25) is 0 Å². The van der Waals surface area contributed by atoms with Crippen LogP contribution in [0.1, 0.15) is 24.0 Å². The summed E-state index contributed by atoms with van der Waals surface area (Å²) in [5, 5.41) is 2.79. The largest absolute Gasteiger partial charge is 0.370 e. The second-order valence-corrected chi connectivity index (χ2v) is 3.78. The Morgan fingerprint density at radius 3 is 2.25 bits per heavy atom. The van der Waals surface area contributed by atoms with Crippen LogP contribution in [0.15, 0.2) is 18.2 Å². The zero-order valence-electron chi connectivity index (χ0n) is 9.54. The summed E-state index contributed by atoms with van der Waals surface area (Å²) in [7, 11) is 0. The highest BCUT2D eigenvalue weighted by Gasteiger charge is 2.07. The molecule has 0 atom stereocenters. The Morgan fingerprint density at radius 2 is 1.75 bits per heavy atom. The summed E-state index contributed by atoms with van der Waals surface area (Å²) in [6.07, 6.45) is 0.208. The van der Waals surface area contributed by atoms with Gasteiger partial charge >= 0.3 is 0 Å². The molecule has 0 radical (unpaired) electrons. The summed E-state index contributed by atoms with van der Waals surface area (Å²) >= 11 is 0. The van der Waals surface area contributed by atoms with Gasteiger partial charge in [-0.2, -0.15) is 0 Å². The monoisotopic (exact) mass is 220 g/mol. The van der Waals surface area contributed by atoms with Crippen LogP contribution in [0.5, 0.6) is 0 Å². The smallest absolute Gasteiger partial charge is 0.224 e. The summed E-state index contributed by atoms with van der Waals surface area (Å²) in [5.41, 5.74) is 7.81. The molecule has 0 aliphatic heterocycles. The molecule has 4 heteroatoms. The average molecular weight is 220 g/mol. The number of nitrogens with two attached hydrogens (primary N) is 1. The topological polar surface area (TPSA) is 72.2 Å². The lowest BCUT2D eigenvalue weighted by atomic mass is 10.1. The second-order valence-electron chi connectivity index (χ2n) is 3.78. The molecular formula is C12H16N2O2. The maximum absolute atomic E-state index is 11.5. The first kappa shape index (κ1) is 12.2. The van der Waals surface area contributed by atoms with Gasteiger partial charge in [0.1, 0.15) is 0 Å². The van der Waals surface area contributed by atoms with Gasteiger partial charge in [0.2, 0.25) is 11.8 Å². The molecule has 86 valence electrons. The number of primary amides is 1. The highest BCUT2D eigenvalue weighted by atomic mass is 16.2. The Kier molecular flexibility index (Phi) is 4.05. The van der Waals surface area contributed by atoms with Crippen LogP contribution in [0.25, 0.3) is 0 Å². The lowest BCUT2D eigenvalue weighted by Crippen LogP contribution is -2.18. The number of nitrogens with one attached hydrogen (secondary N) is 1. The van der Waals surface area contributed by atoms with E-state index in [1.54, 1.807) is 0 Å². The molecule has 16 heavy (non-hydrogen) atoms. The van der Waals surface area contributed by atoms with Crippen molar-refractivity contribution in [2.24, 2.45) is 5.73 Å². The Hall–Kier alpha value is -1.84. The van der Waals surface area contributed by atoms with Crippen molar-refractivity contribution in [2.45, 2.75) is 26.7 Å². The van der Waals surface area contributed by atoms with E-state index >= 15 is 0 Å². The number of anilines is 1. The molecule has 1 rings (SSSR count). The van der Waals surface area contributed by atoms with E-state index in [1.165, 1.54) is 0 Å². The van der Waals surface area contributed by atoms with E-state index in [9.17, 15) is 9.59 Å². The Balaban J connectivity index is 2.66. The molecule has 0 spiro atoms. The number of hydrogen-bond donors (Lipinski definition) is 2. The molecule has 0 unspecified atom stereocenters. The standard InChI is InChI=1S/C12H16N2O2/c1-8-4-3-5-9(2)12(8)14-11(16)7-6-10(13)15/h3-5H,6-7H2,1-2H3,(H2,13,15)(H,14,16). The van der Waals surface area contributed by atoms with Crippen molar-refractivity contribution in [3.8, 4) is 0 Å². The molecule has 0 fully saturated rings. The van der Waals surface area contributed by atoms with Gasteiger partial charge in [-0.25, -0.2) is 0 Å². The minimum atomic E-state index is -0.461. The molecule has 0 aliphatic rings. The molecule has 0 bridgehead atoms. The van der Waals surface area contributed by atoms with Crippen LogP contribution in [0.4, 0.5) is 5.69 Å². The van der Waals surface area contributed by atoms with Gasteiger partial charge in [-0.1, -0.05) is 18.2 Å². The van der Waals surface area contributed by atoms with Crippen LogP contribution in [0, 0.1) is 13.8 Å². The fraction of sp³-hybridized carbons (Fsp3) is 0.333. The zero-order valence-corrected chi connectivity index (χ0v) is 9.54. The summed E-state index contributed by atoms with van der Waals surface area (Å²) in [4.78, 5) is 22.0. The molecule has 0 saturated carbocycles. The van der Waals surface area contributed by atoms with Crippen molar-refractivity contribution in [1.29, 1.82) is 0 Å². The molecule has 3 N–H and O–H groups in total. The minimum absolute atomic E-state index is 0.0801. The molecule has 1 aromatic rings. The van der Waals surface area contributed by atoms with Crippen LogP contribution < -0.4 is 11.1 Å². The maximum Gasteiger partial charge on any atom is 0.224 e. The number of benzene rings is 1. The number of carbonyl (C=O) groups excluding carboxylic acids is 2. The predicted molar refractivity (Wildman–Crippen MR) is 63.0 cm³/mol. The van der Waals surface area contributed by atoms with E-state index < -0.39 is 5.91 Å². The Morgan fingerprint density at radius 1 is 1.19 bits per heavy atom. The summed E-state index contributed by atoms with van der Waals surface area (Å²) in [5.74, 6) is -0.646. The number of hydrogen-bond acceptors (Lipinski definition) is 2. The third-order valence-corrected chi connectivity index (χ3v) is 2.34. The van der Waals surface area contributed by atoms with Gasteiger partial charge in [0.15, 0.2) is 0 Å². The third-order valence-electron chi connectivity index (χ3n) is 2.34. The second kappa shape index (κ2) is 5.30.